The fourth-order valence-corrected chi connectivity index (χ4v) is 10.7. The summed E-state index contributed by atoms with van der Waals surface area (Å²) in [5.74, 6) is 2.43. The van der Waals surface area contributed by atoms with Gasteiger partial charge in [-0.05, 0) is 71.2 Å². The van der Waals surface area contributed by atoms with Crippen molar-refractivity contribution in [3.05, 3.63) is 203 Å². The lowest BCUT2D eigenvalue weighted by Crippen LogP contribution is -2.38. The minimum Gasteiger partial charge on any atom is -0.457 e. The minimum atomic E-state index is -0.566. The normalized spacial score (nSPS) is 17.2. The Kier molecular flexibility index (Phi) is 5.96. The van der Waals surface area contributed by atoms with Crippen LogP contribution in [0.3, 0.4) is 0 Å². The minimum absolute atomic E-state index is 0.302. The summed E-state index contributed by atoms with van der Waals surface area (Å²) in [4.78, 5) is 11.0. The molecule has 1 atom stereocenters. The lowest BCUT2D eigenvalue weighted by Gasteiger charge is -2.43. The molecular weight excluding hydrogens is 699 g/mol. The molecule has 1 unspecified atom stereocenters. The molecule has 1 spiro atoms. The van der Waals surface area contributed by atoms with Crippen molar-refractivity contribution < 1.29 is 9.15 Å². The molecule has 3 aromatic heterocycles. The largest absolute Gasteiger partial charge is 0.457 e. The standard InChI is InChI=1S/C52H33N3O2/c1-51-30-35-31-15-3-10-24-41(31)55(50-53-40-23-9-2-16-32(40)49(54-50)34-18-14-28-46-48(34)33-17-4-11-25-43(33)56-46)42(35)29-47(51)52(37-20-6-5-19-36(37)51)38-21-7-12-26-44(38)57-45-27-13-8-22-39(45)52/h2-29H,30H2,1H3. The fraction of sp³-hybridized carbons (Fsp3) is 0.0769. The van der Waals surface area contributed by atoms with Gasteiger partial charge in [-0.2, -0.15) is 0 Å². The van der Waals surface area contributed by atoms with Gasteiger partial charge in [-0.3, -0.25) is 4.57 Å². The summed E-state index contributed by atoms with van der Waals surface area (Å²) >= 11 is 0. The second-order valence-corrected chi connectivity index (χ2v) is 15.8. The number of nitrogens with zero attached hydrogens (tertiary/aromatic N) is 3. The molecule has 5 nitrogen and oxygen atoms in total. The molecule has 0 bridgehead atoms. The average molecular weight is 732 g/mol. The van der Waals surface area contributed by atoms with Crippen LogP contribution in [-0.2, 0) is 17.3 Å². The predicted octanol–water partition coefficient (Wildman–Crippen LogP) is 12.5. The first kappa shape index (κ1) is 31.0. The van der Waals surface area contributed by atoms with Crippen molar-refractivity contribution in [2.45, 2.75) is 24.2 Å². The number of furan rings is 1. The van der Waals surface area contributed by atoms with E-state index in [-0.39, 0.29) is 5.41 Å². The summed E-state index contributed by atoms with van der Waals surface area (Å²) in [6.07, 6.45) is 3.31. The molecule has 0 N–H and O–H groups in total. The van der Waals surface area contributed by atoms with Crippen LogP contribution >= 0.6 is 0 Å². The number of rotatable bonds is 2. The summed E-state index contributed by atoms with van der Waals surface area (Å²) in [6.45, 7) is 2.45. The third-order valence-corrected chi connectivity index (χ3v) is 13.0. The smallest absolute Gasteiger partial charge is 0.235 e. The van der Waals surface area contributed by atoms with Crippen LogP contribution < -0.4 is 4.74 Å². The highest BCUT2D eigenvalue weighted by Crippen LogP contribution is 2.67. The highest BCUT2D eigenvalue weighted by molar-refractivity contribution is 6.14. The van der Waals surface area contributed by atoms with Crippen LogP contribution in [-0.4, -0.2) is 14.5 Å². The number of allylic oxidation sites excluding steroid dienone is 1. The van der Waals surface area contributed by atoms with Crippen LogP contribution in [0.1, 0.15) is 40.4 Å². The molecule has 0 radical (unpaired) electrons. The molecule has 5 heteroatoms. The van der Waals surface area contributed by atoms with Crippen LogP contribution in [0.2, 0.25) is 0 Å². The van der Waals surface area contributed by atoms with Crippen molar-refractivity contribution in [3.63, 3.8) is 0 Å². The van der Waals surface area contributed by atoms with Crippen molar-refractivity contribution in [3.8, 4) is 28.7 Å². The number of para-hydroxylation sites is 5. The quantitative estimate of drug-likeness (QED) is 0.178. The Labute approximate surface area is 328 Å². The summed E-state index contributed by atoms with van der Waals surface area (Å²) in [5.41, 5.74) is 13.5. The number of hydrogen-bond donors (Lipinski definition) is 0. The number of ether oxygens (including phenoxy) is 1. The summed E-state index contributed by atoms with van der Waals surface area (Å²) in [6, 6.07) is 58.0. The Morgan fingerprint density at radius 2 is 1.19 bits per heavy atom. The van der Waals surface area contributed by atoms with E-state index in [0.29, 0.717) is 5.95 Å². The molecule has 0 fully saturated rings. The topological polar surface area (TPSA) is 53.1 Å². The maximum Gasteiger partial charge on any atom is 0.235 e. The monoisotopic (exact) mass is 731 g/mol. The first-order chi connectivity index (χ1) is 28.1. The van der Waals surface area contributed by atoms with Gasteiger partial charge in [-0.25, -0.2) is 9.97 Å². The van der Waals surface area contributed by atoms with Crippen LogP contribution in [0.5, 0.6) is 11.5 Å². The predicted molar refractivity (Wildman–Crippen MR) is 227 cm³/mol. The van der Waals surface area contributed by atoms with Gasteiger partial charge in [0, 0.05) is 43.7 Å². The van der Waals surface area contributed by atoms with E-state index in [1.165, 1.54) is 38.8 Å². The van der Waals surface area contributed by atoms with E-state index in [4.69, 9.17) is 19.1 Å². The summed E-state index contributed by atoms with van der Waals surface area (Å²) in [7, 11) is 0. The molecule has 1 aliphatic heterocycles. The molecule has 2 aliphatic carbocycles. The van der Waals surface area contributed by atoms with Gasteiger partial charge in [-0.1, -0.05) is 134 Å². The third kappa shape index (κ3) is 3.88. The Morgan fingerprint density at radius 1 is 0.561 bits per heavy atom. The van der Waals surface area contributed by atoms with Crippen LogP contribution in [0.4, 0.5) is 0 Å². The molecule has 268 valence electrons. The number of fused-ring (bicyclic) bond motifs is 16. The van der Waals surface area contributed by atoms with Crippen molar-refractivity contribution in [1.29, 1.82) is 0 Å². The van der Waals surface area contributed by atoms with Gasteiger partial charge in [0.25, 0.3) is 0 Å². The highest BCUT2D eigenvalue weighted by atomic mass is 16.5. The van der Waals surface area contributed by atoms with Gasteiger partial charge in [0.2, 0.25) is 5.95 Å². The molecule has 10 aromatic rings. The summed E-state index contributed by atoms with van der Waals surface area (Å²) in [5, 5.41) is 4.35. The second-order valence-electron chi connectivity index (χ2n) is 15.8. The number of hydrogen-bond acceptors (Lipinski definition) is 4. The molecule has 7 aromatic carbocycles. The van der Waals surface area contributed by atoms with E-state index in [1.54, 1.807) is 0 Å². The van der Waals surface area contributed by atoms with E-state index in [0.717, 1.165) is 73.2 Å². The third-order valence-electron chi connectivity index (χ3n) is 13.0. The molecule has 0 saturated heterocycles. The van der Waals surface area contributed by atoms with Crippen LogP contribution in [0, 0.1) is 0 Å². The van der Waals surface area contributed by atoms with Gasteiger partial charge in [0.15, 0.2) is 0 Å². The lowest BCUT2D eigenvalue weighted by atomic mass is 9.61. The number of benzene rings is 7. The Balaban J connectivity index is 1.14. The van der Waals surface area contributed by atoms with E-state index in [1.807, 2.05) is 18.2 Å². The van der Waals surface area contributed by atoms with E-state index >= 15 is 0 Å². The van der Waals surface area contributed by atoms with Gasteiger partial charge < -0.3 is 9.15 Å². The molecular formula is C52H33N3O2. The Hall–Kier alpha value is -7.24. The van der Waals surface area contributed by atoms with E-state index in [2.05, 4.69) is 163 Å². The van der Waals surface area contributed by atoms with Crippen molar-refractivity contribution in [1.82, 2.24) is 14.5 Å². The van der Waals surface area contributed by atoms with Gasteiger partial charge in [-0.15, -0.1) is 0 Å². The van der Waals surface area contributed by atoms with E-state index < -0.39 is 5.41 Å². The van der Waals surface area contributed by atoms with Crippen molar-refractivity contribution >= 4 is 49.8 Å². The van der Waals surface area contributed by atoms with Crippen LogP contribution in [0.25, 0.3) is 67.0 Å². The zero-order chi connectivity index (χ0) is 37.5. The highest BCUT2D eigenvalue weighted by Gasteiger charge is 2.60. The molecule has 0 saturated carbocycles. The lowest BCUT2D eigenvalue weighted by molar-refractivity contribution is 0.426. The molecule has 57 heavy (non-hydrogen) atoms. The van der Waals surface area contributed by atoms with Gasteiger partial charge >= 0.3 is 0 Å². The Bertz CT molecular complexity index is 3360. The zero-order valence-electron chi connectivity index (χ0n) is 31.0. The molecule has 13 rings (SSSR count). The average Bonchev–Trinajstić information content (AvgIpc) is 3.87. The van der Waals surface area contributed by atoms with Crippen molar-refractivity contribution in [2.75, 3.05) is 0 Å². The molecule has 4 heterocycles. The maximum absolute atomic E-state index is 6.69. The zero-order valence-corrected chi connectivity index (χ0v) is 31.0. The molecule has 3 aliphatic rings. The van der Waals surface area contributed by atoms with Gasteiger partial charge in [0.05, 0.1) is 27.8 Å². The SMILES string of the molecule is CC12Cc3c(n(-c4nc(-c5cccc6oc7ccccc7c56)c5ccccc5n4)c4ccccc34)C=C1C1(c3ccccc3Oc3ccccc31)c1ccccc12. The second kappa shape index (κ2) is 11.0. The molecule has 0 amide bonds. The Morgan fingerprint density at radius 3 is 2.00 bits per heavy atom. The first-order valence-electron chi connectivity index (χ1n) is 19.6. The van der Waals surface area contributed by atoms with Crippen molar-refractivity contribution in [2.24, 2.45) is 0 Å². The van der Waals surface area contributed by atoms with Gasteiger partial charge in [0.1, 0.15) is 22.7 Å². The maximum atomic E-state index is 6.69. The fourth-order valence-electron chi connectivity index (χ4n) is 10.7. The van der Waals surface area contributed by atoms with E-state index in [9.17, 15) is 0 Å². The summed E-state index contributed by atoms with van der Waals surface area (Å²) < 4.78 is 15.4. The number of aromatic nitrogens is 3. The first-order valence-corrected chi connectivity index (χ1v) is 19.6. The van der Waals surface area contributed by atoms with Crippen LogP contribution in [0.15, 0.2) is 174 Å².